The van der Waals surface area contributed by atoms with Crippen LogP contribution in [0.15, 0.2) is 0 Å². The van der Waals surface area contributed by atoms with Crippen molar-refractivity contribution in [2.75, 3.05) is 11.5 Å². The largest absolute Gasteiger partial charge is 0.311 e. The minimum Gasteiger partial charge on any atom is -0.311 e. The standard InChI is InChI=1S/C12H23NOS/c1-9-3-4-12(10(9)2)13-11-5-7-15(14)8-6-11/h9-13H,3-8H2,1-2H3. The van der Waals surface area contributed by atoms with Crippen molar-refractivity contribution in [2.45, 2.75) is 51.6 Å². The van der Waals surface area contributed by atoms with Gasteiger partial charge in [0, 0.05) is 34.4 Å². The Bertz CT molecular complexity index is 234. The number of nitrogens with one attached hydrogen (secondary N) is 1. The van der Waals surface area contributed by atoms with Gasteiger partial charge in [-0.25, -0.2) is 0 Å². The maximum absolute atomic E-state index is 11.2. The van der Waals surface area contributed by atoms with Gasteiger partial charge >= 0.3 is 0 Å². The van der Waals surface area contributed by atoms with E-state index in [0.717, 1.165) is 42.2 Å². The first-order valence-electron chi connectivity index (χ1n) is 6.28. The molecule has 3 atom stereocenters. The van der Waals surface area contributed by atoms with Crippen LogP contribution < -0.4 is 5.32 Å². The summed E-state index contributed by atoms with van der Waals surface area (Å²) in [6.07, 6.45) is 4.94. The quantitative estimate of drug-likeness (QED) is 0.784. The van der Waals surface area contributed by atoms with E-state index in [1.807, 2.05) is 0 Å². The molecule has 0 spiro atoms. The molecule has 0 aromatic heterocycles. The minimum absolute atomic E-state index is 0.520. The molecule has 0 radical (unpaired) electrons. The van der Waals surface area contributed by atoms with Crippen LogP contribution in [0, 0.1) is 11.8 Å². The fourth-order valence-electron chi connectivity index (χ4n) is 2.86. The molecule has 2 rings (SSSR count). The SMILES string of the molecule is CC1CCC(NC2CCS(=O)CC2)C1C. The Kier molecular flexibility index (Phi) is 3.83. The van der Waals surface area contributed by atoms with Gasteiger partial charge in [-0.1, -0.05) is 13.8 Å². The Balaban J connectivity index is 1.79. The number of hydrogen-bond donors (Lipinski definition) is 1. The minimum atomic E-state index is -0.520. The second-order valence-corrected chi connectivity index (χ2v) is 7.01. The van der Waals surface area contributed by atoms with Crippen molar-refractivity contribution in [2.24, 2.45) is 11.8 Å². The number of rotatable bonds is 2. The van der Waals surface area contributed by atoms with Gasteiger partial charge in [0.1, 0.15) is 0 Å². The lowest BCUT2D eigenvalue weighted by Gasteiger charge is -2.28. The van der Waals surface area contributed by atoms with Gasteiger partial charge in [0.25, 0.3) is 0 Å². The van der Waals surface area contributed by atoms with E-state index in [-0.39, 0.29) is 0 Å². The van der Waals surface area contributed by atoms with Crippen LogP contribution in [0.2, 0.25) is 0 Å². The Morgan fingerprint density at radius 3 is 2.27 bits per heavy atom. The molecule has 1 aliphatic carbocycles. The highest BCUT2D eigenvalue weighted by molar-refractivity contribution is 7.85. The van der Waals surface area contributed by atoms with Crippen LogP contribution in [0.5, 0.6) is 0 Å². The molecule has 1 saturated carbocycles. The third-order valence-electron chi connectivity index (χ3n) is 4.30. The summed E-state index contributed by atoms with van der Waals surface area (Å²) in [5, 5.41) is 3.78. The summed E-state index contributed by atoms with van der Waals surface area (Å²) in [5.41, 5.74) is 0. The summed E-state index contributed by atoms with van der Waals surface area (Å²) in [5.74, 6) is 3.51. The molecule has 0 aromatic rings. The molecule has 3 unspecified atom stereocenters. The first-order valence-corrected chi connectivity index (χ1v) is 7.76. The molecule has 1 heterocycles. The average molecular weight is 229 g/mol. The lowest BCUT2D eigenvalue weighted by molar-refractivity contribution is 0.326. The van der Waals surface area contributed by atoms with Crippen molar-refractivity contribution in [3.05, 3.63) is 0 Å². The smallest absolute Gasteiger partial charge is 0.0249 e. The van der Waals surface area contributed by atoms with Gasteiger partial charge in [0.05, 0.1) is 0 Å². The molecule has 2 fully saturated rings. The van der Waals surface area contributed by atoms with Gasteiger partial charge in [-0.2, -0.15) is 0 Å². The summed E-state index contributed by atoms with van der Waals surface area (Å²) in [7, 11) is -0.520. The molecule has 1 saturated heterocycles. The average Bonchev–Trinajstić information content (AvgIpc) is 2.53. The van der Waals surface area contributed by atoms with Gasteiger partial charge in [-0.15, -0.1) is 0 Å². The highest BCUT2D eigenvalue weighted by Crippen LogP contribution is 2.31. The number of hydrogen-bond acceptors (Lipinski definition) is 2. The van der Waals surface area contributed by atoms with Gasteiger partial charge in [0.2, 0.25) is 0 Å². The second-order valence-electron chi connectivity index (χ2n) is 5.31. The van der Waals surface area contributed by atoms with Gasteiger partial charge < -0.3 is 5.32 Å². The topological polar surface area (TPSA) is 29.1 Å². The molecular weight excluding hydrogens is 206 g/mol. The third-order valence-corrected chi connectivity index (χ3v) is 5.69. The fourth-order valence-corrected chi connectivity index (χ4v) is 4.16. The van der Waals surface area contributed by atoms with E-state index in [1.54, 1.807) is 0 Å². The van der Waals surface area contributed by atoms with Gasteiger partial charge in [-0.05, 0) is 37.5 Å². The van der Waals surface area contributed by atoms with Crippen LogP contribution in [-0.4, -0.2) is 27.8 Å². The summed E-state index contributed by atoms with van der Waals surface area (Å²) >= 11 is 0. The van der Waals surface area contributed by atoms with E-state index < -0.39 is 10.8 Å². The molecule has 1 N–H and O–H groups in total. The summed E-state index contributed by atoms with van der Waals surface area (Å²) in [6, 6.07) is 1.36. The maximum Gasteiger partial charge on any atom is 0.0249 e. The highest BCUT2D eigenvalue weighted by atomic mass is 32.2. The molecule has 2 nitrogen and oxygen atoms in total. The Morgan fingerprint density at radius 1 is 1.07 bits per heavy atom. The second kappa shape index (κ2) is 4.96. The summed E-state index contributed by atoms with van der Waals surface area (Å²) in [4.78, 5) is 0. The Morgan fingerprint density at radius 2 is 1.73 bits per heavy atom. The van der Waals surface area contributed by atoms with Gasteiger partial charge in [-0.3, -0.25) is 4.21 Å². The zero-order valence-corrected chi connectivity index (χ0v) is 10.7. The lowest BCUT2D eigenvalue weighted by atomic mass is 9.97. The molecule has 3 heteroatoms. The Hall–Kier alpha value is 0.110. The van der Waals surface area contributed by atoms with Crippen molar-refractivity contribution in [1.29, 1.82) is 0 Å². The highest BCUT2D eigenvalue weighted by Gasteiger charge is 2.31. The van der Waals surface area contributed by atoms with Crippen LogP contribution in [-0.2, 0) is 10.8 Å². The van der Waals surface area contributed by atoms with E-state index in [2.05, 4.69) is 19.2 Å². The van der Waals surface area contributed by atoms with Crippen LogP contribution in [0.3, 0.4) is 0 Å². The zero-order chi connectivity index (χ0) is 10.8. The van der Waals surface area contributed by atoms with Crippen molar-refractivity contribution < 1.29 is 4.21 Å². The van der Waals surface area contributed by atoms with E-state index in [9.17, 15) is 4.21 Å². The molecule has 1 aliphatic heterocycles. The van der Waals surface area contributed by atoms with Crippen LogP contribution in [0.1, 0.15) is 39.5 Å². The van der Waals surface area contributed by atoms with Crippen LogP contribution in [0.4, 0.5) is 0 Å². The van der Waals surface area contributed by atoms with E-state index >= 15 is 0 Å². The predicted octanol–water partition coefficient (Wildman–Crippen LogP) is 1.92. The van der Waals surface area contributed by atoms with E-state index in [4.69, 9.17) is 0 Å². The molecule has 15 heavy (non-hydrogen) atoms. The molecule has 0 amide bonds. The van der Waals surface area contributed by atoms with Crippen LogP contribution in [0.25, 0.3) is 0 Å². The molecule has 2 aliphatic rings. The first-order chi connectivity index (χ1) is 7.16. The van der Waals surface area contributed by atoms with Crippen LogP contribution >= 0.6 is 0 Å². The lowest BCUT2D eigenvalue weighted by Crippen LogP contribution is -2.43. The summed E-state index contributed by atoms with van der Waals surface area (Å²) in [6.45, 7) is 4.73. The first kappa shape index (κ1) is 11.6. The van der Waals surface area contributed by atoms with Crippen molar-refractivity contribution in [3.63, 3.8) is 0 Å². The third kappa shape index (κ3) is 2.82. The van der Waals surface area contributed by atoms with E-state index in [0.29, 0.717) is 6.04 Å². The van der Waals surface area contributed by atoms with Gasteiger partial charge in [0.15, 0.2) is 0 Å². The molecular formula is C12H23NOS. The maximum atomic E-state index is 11.2. The monoisotopic (exact) mass is 229 g/mol. The molecule has 88 valence electrons. The molecule has 0 bridgehead atoms. The van der Waals surface area contributed by atoms with Crippen molar-refractivity contribution in [1.82, 2.24) is 5.32 Å². The molecule has 0 aromatic carbocycles. The normalized spacial score (nSPS) is 46.9. The zero-order valence-electron chi connectivity index (χ0n) is 9.87. The van der Waals surface area contributed by atoms with E-state index in [1.165, 1.54) is 12.8 Å². The summed E-state index contributed by atoms with van der Waals surface area (Å²) < 4.78 is 11.2. The predicted molar refractivity (Wildman–Crippen MR) is 65.4 cm³/mol. The van der Waals surface area contributed by atoms with Crippen molar-refractivity contribution >= 4 is 10.8 Å². The Labute approximate surface area is 95.7 Å². The van der Waals surface area contributed by atoms with Crippen molar-refractivity contribution in [3.8, 4) is 0 Å². The fraction of sp³-hybridized carbons (Fsp3) is 1.00.